The number of aromatic nitrogens is 2. The van der Waals surface area contributed by atoms with Crippen LogP contribution in [0.2, 0.25) is 0 Å². The van der Waals surface area contributed by atoms with Gasteiger partial charge in [-0.1, -0.05) is 35.9 Å². The molecule has 3 aromatic rings. The Morgan fingerprint density at radius 2 is 1.91 bits per heavy atom. The monoisotopic (exact) mass is 307 g/mol. The number of nitrogens with one attached hydrogen (secondary N) is 1. The molecule has 0 unspecified atom stereocenters. The Kier molecular flexibility index (Phi) is 4.47. The van der Waals surface area contributed by atoms with Gasteiger partial charge in [-0.25, -0.2) is 0 Å². The van der Waals surface area contributed by atoms with Gasteiger partial charge in [0.1, 0.15) is 0 Å². The van der Waals surface area contributed by atoms with Crippen molar-refractivity contribution in [2.24, 2.45) is 0 Å². The molecule has 0 bridgehead atoms. The van der Waals surface area contributed by atoms with Crippen molar-refractivity contribution in [1.29, 1.82) is 0 Å². The first-order valence-corrected chi connectivity index (χ1v) is 7.45. The quantitative estimate of drug-likeness (QED) is 0.786. The number of nitrogens with zero attached hydrogens (tertiary/aromatic N) is 2. The fourth-order valence-electron chi connectivity index (χ4n) is 2.22. The van der Waals surface area contributed by atoms with Crippen molar-refractivity contribution in [3.63, 3.8) is 0 Å². The van der Waals surface area contributed by atoms with Gasteiger partial charge in [0.05, 0.1) is 0 Å². The molecule has 0 atom stereocenters. The number of hydrogen-bond acceptors (Lipinski definition) is 4. The van der Waals surface area contributed by atoms with Crippen LogP contribution < -0.4 is 5.32 Å². The largest absolute Gasteiger partial charge is 0.421 e. The molecule has 0 saturated carbocycles. The minimum Gasteiger partial charge on any atom is -0.421 e. The van der Waals surface area contributed by atoms with Gasteiger partial charge < -0.3 is 9.73 Å². The molecule has 23 heavy (non-hydrogen) atoms. The Balaban J connectivity index is 1.55. The fourth-order valence-corrected chi connectivity index (χ4v) is 2.22. The average molecular weight is 307 g/mol. The molecule has 0 aliphatic carbocycles. The maximum Gasteiger partial charge on any atom is 0.251 e. The molecular formula is C18H17N3O2. The molecule has 3 rings (SSSR count). The third kappa shape index (κ3) is 3.83. The number of aryl methyl sites for hydroxylation is 1. The van der Waals surface area contributed by atoms with Gasteiger partial charge in [-0.05, 0) is 31.2 Å². The fraction of sp³-hybridized carbons (Fsp3) is 0.167. The van der Waals surface area contributed by atoms with E-state index < -0.39 is 0 Å². The van der Waals surface area contributed by atoms with Crippen molar-refractivity contribution in [2.75, 3.05) is 6.54 Å². The lowest BCUT2D eigenvalue weighted by molar-refractivity contribution is 0.0953. The molecule has 1 N–H and O–H groups in total. The van der Waals surface area contributed by atoms with Crippen LogP contribution >= 0.6 is 0 Å². The lowest BCUT2D eigenvalue weighted by Gasteiger charge is -2.04. The van der Waals surface area contributed by atoms with E-state index >= 15 is 0 Å². The SMILES string of the molecule is Cc1cccc(C(=O)NCCc2nnc(-c3ccccc3)o2)c1. The summed E-state index contributed by atoms with van der Waals surface area (Å²) >= 11 is 0. The minimum absolute atomic E-state index is 0.100. The van der Waals surface area contributed by atoms with Crippen molar-refractivity contribution >= 4 is 5.91 Å². The van der Waals surface area contributed by atoms with Crippen LogP contribution in [0.1, 0.15) is 21.8 Å². The first-order chi connectivity index (χ1) is 11.2. The van der Waals surface area contributed by atoms with Crippen LogP contribution in [0.4, 0.5) is 0 Å². The summed E-state index contributed by atoms with van der Waals surface area (Å²) in [6.07, 6.45) is 0.497. The van der Waals surface area contributed by atoms with Crippen LogP contribution in [0.5, 0.6) is 0 Å². The predicted octanol–water partition coefficient (Wildman–Crippen LogP) is 3.02. The van der Waals surface area contributed by atoms with E-state index in [-0.39, 0.29) is 5.91 Å². The standard InChI is InChI=1S/C18H17N3O2/c1-13-6-5-9-15(12-13)17(22)19-11-10-16-20-21-18(23-16)14-7-3-2-4-8-14/h2-9,12H,10-11H2,1H3,(H,19,22). The summed E-state index contributed by atoms with van der Waals surface area (Å²) in [7, 11) is 0. The second-order valence-corrected chi connectivity index (χ2v) is 5.24. The lowest BCUT2D eigenvalue weighted by Crippen LogP contribution is -2.25. The van der Waals surface area contributed by atoms with E-state index in [0.29, 0.717) is 30.3 Å². The third-order valence-electron chi connectivity index (χ3n) is 3.39. The summed E-state index contributed by atoms with van der Waals surface area (Å²) in [6, 6.07) is 17.1. The van der Waals surface area contributed by atoms with Crippen molar-refractivity contribution in [2.45, 2.75) is 13.3 Å². The highest BCUT2D eigenvalue weighted by atomic mass is 16.4. The summed E-state index contributed by atoms with van der Waals surface area (Å²) in [4.78, 5) is 12.0. The van der Waals surface area contributed by atoms with E-state index in [1.54, 1.807) is 6.07 Å². The van der Waals surface area contributed by atoms with E-state index in [1.165, 1.54) is 0 Å². The number of benzene rings is 2. The van der Waals surface area contributed by atoms with Crippen LogP contribution in [0.15, 0.2) is 59.0 Å². The highest BCUT2D eigenvalue weighted by Crippen LogP contribution is 2.16. The molecule has 5 heteroatoms. The molecular weight excluding hydrogens is 290 g/mol. The van der Waals surface area contributed by atoms with Crippen molar-refractivity contribution in [3.05, 3.63) is 71.6 Å². The average Bonchev–Trinajstić information content (AvgIpc) is 3.04. The summed E-state index contributed by atoms with van der Waals surface area (Å²) in [5, 5.41) is 10.9. The zero-order valence-corrected chi connectivity index (χ0v) is 12.8. The Morgan fingerprint density at radius 1 is 1.09 bits per heavy atom. The molecule has 0 aliphatic heterocycles. The molecule has 1 aromatic heterocycles. The van der Waals surface area contributed by atoms with Crippen molar-refractivity contribution in [3.8, 4) is 11.5 Å². The summed E-state index contributed by atoms with van der Waals surface area (Å²) in [6.45, 7) is 2.41. The topological polar surface area (TPSA) is 68.0 Å². The molecule has 0 radical (unpaired) electrons. The molecule has 2 aromatic carbocycles. The van der Waals surface area contributed by atoms with Gasteiger partial charge in [0.25, 0.3) is 5.91 Å². The summed E-state index contributed by atoms with van der Waals surface area (Å²) < 4.78 is 5.60. The predicted molar refractivity (Wildman–Crippen MR) is 87.0 cm³/mol. The molecule has 1 heterocycles. The Morgan fingerprint density at radius 3 is 2.70 bits per heavy atom. The molecule has 0 spiro atoms. The number of carbonyl (C=O) groups excluding carboxylic acids is 1. The first kappa shape index (κ1) is 15.0. The molecule has 5 nitrogen and oxygen atoms in total. The summed E-state index contributed by atoms with van der Waals surface area (Å²) in [5.41, 5.74) is 2.60. The molecule has 116 valence electrons. The maximum absolute atomic E-state index is 12.0. The van der Waals surface area contributed by atoms with Gasteiger partial charge in [-0.2, -0.15) is 0 Å². The van der Waals surface area contributed by atoms with E-state index in [1.807, 2.05) is 55.5 Å². The van der Waals surface area contributed by atoms with E-state index in [9.17, 15) is 4.79 Å². The Hall–Kier alpha value is -2.95. The number of rotatable bonds is 5. The normalized spacial score (nSPS) is 10.5. The second kappa shape index (κ2) is 6.87. The van der Waals surface area contributed by atoms with Gasteiger partial charge in [0.2, 0.25) is 11.8 Å². The zero-order valence-electron chi connectivity index (χ0n) is 12.8. The van der Waals surface area contributed by atoms with Crippen LogP contribution in [-0.4, -0.2) is 22.6 Å². The second-order valence-electron chi connectivity index (χ2n) is 5.24. The van der Waals surface area contributed by atoms with Crippen LogP contribution in [0.25, 0.3) is 11.5 Å². The lowest BCUT2D eigenvalue weighted by atomic mass is 10.1. The van der Waals surface area contributed by atoms with E-state index in [2.05, 4.69) is 15.5 Å². The van der Waals surface area contributed by atoms with E-state index in [0.717, 1.165) is 11.1 Å². The highest BCUT2D eigenvalue weighted by Gasteiger charge is 2.09. The van der Waals surface area contributed by atoms with Crippen LogP contribution in [0, 0.1) is 6.92 Å². The van der Waals surface area contributed by atoms with Gasteiger partial charge >= 0.3 is 0 Å². The highest BCUT2D eigenvalue weighted by molar-refractivity contribution is 5.94. The number of carbonyl (C=O) groups is 1. The van der Waals surface area contributed by atoms with E-state index in [4.69, 9.17) is 4.42 Å². The van der Waals surface area contributed by atoms with Gasteiger partial charge in [0.15, 0.2) is 0 Å². The molecule has 0 saturated heterocycles. The summed E-state index contributed by atoms with van der Waals surface area (Å²) in [5.74, 6) is 0.899. The van der Waals surface area contributed by atoms with Crippen LogP contribution in [-0.2, 0) is 6.42 Å². The Labute approximate surface area is 134 Å². The van der Waals surface area contributed by atoms with Gasteiger partial charge in [-0.15, -0.1) is 10.2 Å². The molecule has 0 aliphatic rings. The van der Waals surface area contributed by atoms with Crippen molar-refractivity contribution in [1.82, 2.24) is 15.5 Å². The first-order valence-electron chi connectivity index (χ1n) is 7.45. The van der Waals surface area contributed by atoms with Crippen LogP contribution in [0.3, 0.4) is 0 Å². The maximum atomic E-state index is 12.0. The zero-order chi connectivity index (χ0) is 16.1. The minimum atomic E-state index is -0.100. The molecule has 1 amide bonds. The van der Waals surface area contributed by atoms with Gasteiger partial charge in [0, 0.05) is 24.1 Å². The smallest absolute Gasteiger partial charge is 0.251 e. The van der Waals surface area contributed by atoms with Gasteiger partial charge in [-0.3, -0.25) is 4.79 Å². The number of amides is 1. The third-order valence-corrected chi connectivity index (χ3v) is 3.39. The Bertz CT molecular complexity index is 797. The molecule has 0 fully saturated rings. The number of hydrogen-bond donors (Lipinski definition) is 1. The van der Waals surface area contributed by atoms with Crippen molar-refractivity contribution < 1.29 is 9.21 Å².